The summed E-state index contributed by atoms with van der Waals surface area (Å²) >= 11 is 5.85. The molecule has 0 fully saturated rings. The van der Waals surface area contributed by atoms with Crippen molar-refractivity contribution in [1.82, 2.24) is 0 Å². The van der Waals surface area contributed by atoms with Crippen molar-refractivity contribution in [3.8, 4) is 0 Å². The fourth-order valence-electron chi connectivity index (χ4n) is 1.71. The second kappa shape index (κ2) is 6.25. The van der Waals surface area contributed by atoms with Crippen LogP contribution < -0.4 is 10.6 Å². The van der Waals surface area contributed by atoms with Gasteiger partial charge in [0.1, 0.15) is 0 Å². The maximum absolute atomic E-state index is 11.8. The third kappa shape index (κ3) is 4.30. The number of anilines is 2. The molecule has 0 aliphatic heterocycles. The lowest BCUT2D eigenvalue weighted by Gasteiger charge is -2.08. The molecule has 0 spiro atoms. The molecule has 98 valence electrons. The van der Waals surface area contributed by atoms with E-state index < -0.39 is 0 Å². The minimum absolute atomic E-state index is 0.108. The monoisotopic (exact) mass is 274 g/mol. The first-order valence-electron chi connectivity index (χ1n) is 5.99. The molecule has 0 aromatic heterocycles. The van der Waals surface area contributed by atoms with E-state index >= 15 is 0 Å². The summed E-state index contributed by atoms with van der Waals surface area (Å²) in [5.74, 6) is -0.108. The van der Waals surface area contributed by atoms with E-state index in [4.69, 9.17) is 11.6 Å². The standard InChI is InChI=1S/C15H15ClN2O/c1-11-4-2-6-13(8-11)17-10-15(19)18-14-7-3-5-12(16)9-14/h2-9,17H,10H2,1H3,(H,18,19). The van der Waals surface area contributed by atoms with E-state index in [1.165, 1.54) is 0 Å². The van der Waals surface area contributed by atoms with Gasteiger partial charge in [0.05, 0.1) is 6.54 Å². The first-order valence-corrected chi connectivity index (χ1v) is 6.37. The Labute approximate surface area is 117 Å². The van der Waals surface area contributed by atoms with Crippen LogP contribution in [-0.2, 0) is 4.79 Å². The van der Waals surface area contributed by atoms with Crippen LogP contribution in [0.2, 0.25) is 5.02 Å². The van der Waals surface area contributed by atoms with Gasteiger partial charge in [0, 0.05) is 16.4 Å². The summed E-state index contributed by atoms with van der Waals surface area (Å²) in [5, 5.41) is 6.46. The zero-order valence-electron chi connectivity index (χ0n) is 10.6. The maximum atomic E-state index is 11.8. The first-order chi connectivity index (χ1) is 9.13. The zero-order chi connectivity index (χ0) is 13.7. The lowest BCUT2D eigenvalue weighted by Crippen LogP contribution is -2.21. The zero-order valence-corrected chi connectivity index (χ0v) is 11.4. The molecule has 0 aliphatic carbocycles. The van der Waals surface area contributed by atoms with Crippen LogP contribution in [0, 0.1) is 6.92 Å². The third-order valence-corrected chi connectivity index (χ3v) is 2.81. The number of rotatable bonds is 4. The molecule has 2 N–H and O–H groups in total. The van der Waals surface area contributed by atoms with Crippen LogP contribution in [0.5, 0.6) is 0 Å². The Kier molecular flexibility index (Phi) is 4.42. The van der Waals surface area contributed by atoms with E-state index in [1.54, 1.807) is 24.3 Å². The van der Waals surface area contributed by atoms with Crippen LogP contribution >= 0.6 is 11.6 Å². The third-order valence-electron chi connectivity index (χ3n) is 2.58. The number of benzene rings is 2. The van der Waals surface area contributed by atoms with E-state index in [9.17, 15) is 4.79 Å². The summed E-state index contributed by atoms with van der Waals surface area (Å²) in [6.07, 6.45) is 0. The molecule has 0 radical (unpaired) electrons. The summed E-state index contributed by atoms with van der Waals surface area (Å²) in [5.41, 5.74) is 2.78. The lowest BCUT2D eigenvalue weighted by molar-refractivity contribution is -0.114. The number of aryl methyl sites for hydroxylation is 1. The average molecular weight is 275 g/mol. The van der Waals surface area contributed by atoms with Gasteiger partial charge < -0.3 is 10.6 Å². The molecule has 0 unspecified atom stereocenters. The van der Waals surface area contributed by atoms with Crippen LogP contribution in [0.4, 0.5) is 11.4 Å². The molecule has 3 nitrogen and oxygen atoms in total. The van der Waals surface area contributed by atoms with Gasteiger partial charge in [-0.05, 0) is 42.8 Å². The number of hydrogen-bond acceptors (Lipinski definition) is 2. The fourth-order valence-corrected chi connectivity index (χ4v) is 1.90. The average Bonchev–Trinajstić information content (AvgIpc) is 2.36. The number of halogens is 1. The largest absolute Gasteiger partial charge is 0.376 e. The van der Waals surface area contributed by atoms with Crippen molar-refractivity contribution in [3.63, 3.8) is 0 Å². The van der Waals surface area contributed by atoms with Gasteiger partial charge in [-0.3, -0.25) is 4.79 Å². The molecular formula is C15H15ClN2O. The Hall–Kier alpha value is -2.00. The van der Waals surface area contributed by atoms with Crippen LogP contribution in [0.1, 0.15) is 5.56 Å². The molecule has 2 aromatic carbocycles. The highest BCUT2D eigenvalue weighted by Gasteiger charge is 2.02. The molecule has 0 saturated heterocycles. The minimum atomic E-state index is -0.108. The summed E-state index contributed by atoms with van der Waals surface area (Å²) in [6.45, 7) is 2.23. The molecule has 0 saturated carbocycles. The first kappa shape index (κ1) is 13.4. The minimum Gasteiger partial charge on any atom is -0.376 e. The van der Waals surface area contributed by atoms with Crippen LogP contribution in [0.25, 0.3) is 0 Å². The molecule has 4 heteroatoms. The molecule has 19 heavy (non-hydrogen) atoms. The van der Waals surface area contributed by atoms with E-state index in [-0.39, 0.29) is 12.5 Å². The highest BCUT2D eigenvalue weighted by molar-refractivity contribution is 6.30. The van der Waals surface area contributed by atoms with Crippen molar-refractivity contribution in [1.29, 1.82) is 0 Å². The molecule has 0 atom stereocenters. The summed E-state index contributed by atoms with van der Waals surface area (Å²) in [6, 6.07) is 15.0. The fraction of sp³-hybridized carbons (Fsp3) is 0.133. The number of hydrogen-bond donors (Lipinski definition) is 2. The van der Waals surface area contributed by atoms with Gasteiger partial charge in [-0.1, -0.05) is 29.8 Å². The Morgan fingerprint density at radius 2 is 1.84 bits per heavy atom. The Balaban J connectivity index is 1.88. The highest BCUT2D eigenvalue weighted by Crippen LogP contribution is 2.15. The normalized spacial score (nSPS) is 10.0. The molecular weight excluding hydrogens is 260 g/mol. The van der Waals surface area contributed by atoms with E-state index in [1.807, 2.05) is 31.2 Å². The predicted molar refractivity (Wildman–Crippen MR) is 79.8 cm³/mol. The number of carbonyl (C=O) groups excluding carboxylic acids is 1. The van der Waals surface area contributed by atoms with E-state index in [2.05, 4.69) is 10.6 Å². The maximum Gasteiger partial charge on any atom is 0.243 e. The summed E-state index contributed by atoms with van der Waals surface area (Å²) in [4.78, 5) is 11.8. The Morgan fingerprint density at radius 1 is 1.11 bits per heavy atom. The molecule has 2 aromatic rings. The molecule has 0 aliphatic rings. The Morgan fingerprint density at radius 3 is 2.58 bits per heavy atom. The SMILES string of the molecule is Cc1cccc(NCC(=O)Nc2cccc(Cl)c2)c1. The van der Waals surface area contributed by atoms with E-state index in [0.29, 0.717) is 10.7 Å². The molecule has 1 amide bonds. The number of amides is 1. The smallest absolute Gasteiger partial charge is 0.243 e. The predicted octanol–water partition coefficient (Wildman–Crippen LogP) is 3.70. The second-order valence-electron chi connectivity index (χ2n) is 4.28. The molecule has 0 heterocycles. The van der Waals surface area contributed by atoms with Gasteiger partial charge in [-0.15, -0.1) is 0 Å². The van der Waals surface area contributed by atoms with Crippen molar-refractivity contribution >= 4 is 28.9 Å². The number of nitrogens with one attached hydrogen (secondary N) is 2. The van der Waals surface area contributed by atoms with Crippen LogP contribution in [0.15, 0.2) is 48.5 Å². The van der Waals surface area contributed by atoms with Gasteiger partial charge in [0.25, 0.3) is 0 Å². The van der Waals surface area contributed by atoms with Crippen molar-refractivity contribution in [2.45, 2.75) is 6.92 Å². The number of carbonyl (C=O) groups is 1. The Bertz CT molecular complexity index is 584. The lowest BCUT2D eigenvalue weighted by atomic mass is 10.2. The quantitative estimate of drug-likeness (QED) is 0.893. The van der Waals surface area contributed by atoms with Crippen molar-refractivity contribution in [2.24, 2.45) is 0 Å². The van der Waals surface area contributed by atoms with Crippen LogP contribution in [-0.4, -0.2) is 12.5 Å². The van der Waals surface area contributed by atoms with Crippen LogP contribution in [0.3, 0.4) is 0 Å². The van der Waals surface area contributed by atoms with Crippen molar-refractivity contribution < 1.29 is 4.79 Å². The second-order valence-corrected chi connectivity index (χ2v) is 4.72. The van der Waals surface area contributed by atoms with Gasteiger partial charge in [0.15, 0.2) is 0 Å². The van der Waals surface area contributed by atoms with Gasteiger partial charge in [-0.2, -0.15) is 0 Å². The topological polar surface area (TPSA) is 41.1 Å². The molecule has 0 bridgehead atoms. The van der Waals surface area contributed by atoms with Gasteiger partial charge in [-0.25, -0.2) is 0 Å². The van der Waals surface area contributed by atoms with E-state index in [0.717, 1.165) is 11.3 Å². The van der Waals surface area contributed by atoms with Crippen molar-refractivity contribution in [2.75, 3.05) is 17.2 Å². The summed E-state index contributed by atoms with van der Waals surface area (Å²) in [7, 11) is 0. The van der Waals surface area contributed by atoms with Crippen molar-refractivity contribution in [3.05, 3.63) is 59.1 Å². The highest BCUT2D eigenvalue weighted by atomic mass is 35.5. The molecule has 2 rings (SSSR count). The summed E-state index contributed by atoms with van der Waals surface area (Å²) < 4.78 is 0. The van der Waals surface area contributed by atoms with Gasteiger partial charge in [0.2, 0.25) is 5.91 Å². The van der Waals surface area contributed by atoms with Gasteiger partial charge >= 0.3 is 0 Å².